The fourth-order valence-corrected chi connectivity index (χ4v) is 4.96. The first kappa shape index (κ1) is 26.3. The van der Waals surface area contributed by atoms with Gasteiger partial charge in [-0.05, 0) is 47.2 Å². The molecule has 1 atom stereocenters. The van der Waals surface area contributed by atoms with Crippen molar-refractivity contribution >= 4 is 11.9 Å². The molecule has 6 heteroatoms. The molecule has 3 aromatic carbocycles. The summed E-state index contributed by atoms with van der Waals surface area (Å²) < 4.78 is 11.7. The molecule has 0 saturated carbocycles. The lowest BCUT2D eigenvalue weighted by atomic mass is 9.90. The second-order valence-corrected chi connectivity index (χ2v) is 10.4. The first-order chi connectivity index (χ1) is 17.7. The van der Waals surface area contributed by atoms with Crippen molar-refractivity contribution in [1.29, 1.82) is 0 Å². The summed E-state index contributed by atoms with van der Waals surface area (Å²) in [6.45, 7) is 6.29. The minimum absolute atomic E-state index is 0.114. The molecule has 1 aliphatic heterocycles. The van der Waals surface area contributed by atoms with Crippen molar-refractivity contribution in [2.75, 3.05) is 13.7 Å². The first-order valence-electron chi connectivity index (χ1n) is 12.7. The topological polar surface area (TPSA) is 76.1 Å². The molecule has 1 N–H and O–H groups in total. The summed E-state index contributed by atoms with van der Waals surface area (Å²) >= 11 is 0. The van der Waals surface area contributed by atoms with Gasteiger partial charge in [-0.1, -0.05) is 68.4 Å². The third-order valence-corrected chi connectivity index (χ3v) is 6.86. The predicted molar refractivity (Wildman–Crippen MR) is 143 cm³/mol. The average molecular weight is 502 g/mol. The highest BCUT2D eigenvalue weighted by Crippen LogP contribution is 2.38. The number of nitrogens with zero attached hydrogens (tertiary/aromatic N) is 1. The monoisotopic (exact) mass is 501 g/mol. The minimum atomic E-state index is -1.05. The summed E-state index contributed by atoms with van der Waals surface area (Å²) in [6, 6.07) is 21.9. The molecule has 1 heterocycles. The Morgan fingerprint density at radius 3 is 2.43 bits per heavy atom. The summed E-state index contributed by atoms with van der Waals surface area (Å²) in [4.78, 5) is 26.0. The summed E-state index contributed by atoms with van der Waals surface area (Å²) in [5.74, 6) is 0.661. The Kier molecular flexibility index (Phi) is 7.86. The van der Waals surface area contributed by atoms with Gasteiger partial charge in [0.05, 0.1) is 13.5 Å². The number of carbonyl (C=O) groups excluding carboxylic acids is 1. The number of carboxylic acids is 1. The van der Waals surface area contributed by atoms with Crippen LogP contribution in [0.5, 0.6) is 11.5 Å². The SMILES string of the molecule is COc1ccccc1CN(CC(=O)O)C(=O)Cc1ccc2c(c1)C[C@](C)(Cc1ccc(C(C)C)cc1)O2. The van der Waals surface area contributed by atoms with Gasteiger partial charge in [0.25, 0.3) is 0 Å². The number of amides is 1. The molecule has 0 aliphatic carbocycles. The zero-order chi connectivity index (χ0) is 26.6. The van der Waals surface area contributed by atoms with Crippen molar-refractivity contribution in [3.63, 3.8) is 0 Å². The van der Waals surface area contributed by atoms with Crippen molar-refractivity contribution in [2.24, 2.45) is 0 Å². The van der Waals surface area contributed by atoms with Crippen molar-refractivity contribution in [3.8, 4) is 11.5 Å². The lowest BCUT2D eigenvalue weighted by Crippen LogP contribution is -2.36. The zero-order valence-corrected chi connectivity index (χ0v) is 22.0. The van der Waals surface area contributed by atoms with E-state index in [4.69, 9.17) is 9.47 Å². The van der Waals surface area contributed by atoms with E-state index in [0.29, 0.717) is 11.7 Å². The van der Waals surface area contributed by atoms with E-state index in [2.05, 4.69) is 45.0 Å². The Labute approximate surface area is 218 Å². The number of hydrogen-bond acceptors (Lipinski definition) is 4. The Hall–Kier alpha value is -3.80. The summed E-state index contributed by atoms with van der Waals surface area (Å²) in [6.07, 6.45) is 1.65. The molecule has 4 rings (SSSR count). The van der Waals surface area contributed by atoms with Crippen LogP contribution in [-0.4, -0.2) is 41.1 Å². The van der Waals surface area contributed by atoms with E-state index >= 15 is 0 Å². The van der Waals surface area contributed by atoms with E-state index in [-0.39, 0.29) is 31.0 Å². The molecule has 0 spiro atoms. The van der Waals surface area contributed by atoms with Crippen LogP contribution in [0.3, 0.4) is 0 Å². The van der Waals surface area contributed by atoms with Gasteiger partial charge in [0.15, 0.2) is 0 Å². The van der Waals surface area contributed by atoms with E-state index in [1.165, 1.54) is 16.0 Å². The number of ether oxygens (including phenoxy) is 2. The van der Waals surface area contributed by atoms with Crippen LogP contribution in [0.25, 0.3) is 0 Å². The molecule has 1 aliphatic rings. The smallest absolute Gasteiger partial charge is 0.323 e. The summed E-state index contributed by atoms with van der Waals surface area (Å²) in [5, 5.41) is 9.41. The normalized spacial score (nSPS) is 16.2. The summed E-state index contributed by atoms with van der Waals surface area (Å²) in [7, 11) is 1.56. The number of carbonyl (C=O) groups is 2. The van der Waals surface area contributed by atoms with Crippen molar-refractivity contribution in [3.05, 3.63) is 94.5 Å². The second-order valence-electron chi connectivity index (χ2n) is 10.4. The first-order valence-corrected chi connectivity index (χ1v) is 12.7. The quantitative estimate of drug-likeness (QED) is 0.402. The number of methoxy groups -OCH3 is 1. The maximum atomic E-state index is 13.2. The molecule has 3 aromatic rings. The molecule has 0 saturated heterocycles. The van der Waals surface area contributed by atoms with E-state index in [9.17, 15) is 14.7 Å². The third-order valence-electron chi connectivity index (χ3n) is 6.86. The lowest BCUT2D eigenvalue weighted by Gasteiger charge is -2.24. The highest BCUT2D eigenvalue weighted by atomic mass is 16.5. The molecule has 6 nitrogen and oxygen atoms in total. The molecule has 1 amide bonds. The van der Waals surface area contributed by atoms with Crippen LogP contribution in [0, 0.1) is 0 Å². The molecule has 0 aromatic heterocycles. The standard InChI is InChI=1S/C31H35NO5/c1-21(2)24-12-9-22(10-13-24)17-31(3)18-26-15-23(11-14-28(26)37-31)16-29(33)32(20-30(34)35)19-25-7-5-6-8-27(25)36-4/h5-15,21H,16-20H2,1-4H3,(H,34,35)/t31-/m0/s1. The van der Waals surface area contributed by atoms with Crippen LogP contribution >= 0.6 is 0 Å². The van der Waals surface area contributed by atoms with Gasteiger partial charge in [0.1, 0.15) is 23.6 Å². The zero-order valence-electron chi connectivity index (χ0n) is 22.0. The molecule has 0 bridgehead atoms. The van der Waals surface area contributed by atoms with Gasteiger partial charge in [-0.15, -0.1) is 0 Å². The highest BCUT2D eigenvalue weighted by molar-refractivity contribution is 5.83. The lowest BCUT2D eigenvalue weighted by molar-refractivity contribution is -0.144. The second kappa shape index (κ2) is 11.1. The van der Waals surface area contributed by atoms with E-state index in [1.807, 2.05) is 36.4 Å². The number of rotatable bonds is 10. The van der Waals surface area contributed by atoms with E-state index < -0.39 is 5.97 Å². The average Bonchev–Trinajstić information content (AvgIpc) is 3.18. The molecule has 0 radical (unpaired) electrons. The molecular weight excluding hydrogens is 466 g/mol. The van der Waals surface area contributed by atoms with Crippen molar-refractivity contribution in [1.82, 2.24) is 4.90 Å². The number of para-hydroxylation sites is 1. The Morgan fingerprint density at radius 1 is 1.05 bits per heavy atom. The number of fused-ring (bicyclic) bond motifs is 1. The van der Waals surface area contributed by atoms with Crippen LogP contribution in [0.1, 0.15) is 54.5 Å². The maximum Gasteiger partial charge on any atom is 0.323 e. The minimum Gasteiger partial charge on any atom is -0.496 e. The van der Waals surface area contributed by atoms with E-state index in [1.54, 1.807) is 13.2 Å². The van der Waals surface area contributed by atoms with Crippen LogP contribution in [0.15, 0.2) is 66.7 Å². The maximum absolute atomic E-state index is 13.2. The van der Waals surface area contributed by atoms with Gasteiger partial charge in [-0.25, -0.2) is 0 Å². The Balaban J connectivity index is 1.45. The number of hydrogen-bond donors (Lipinski definition) is 1. The number of benzene rings is 3. The van der Waals surface area contributed by atoms with Gasteiger partial charge in [-0.3, -0.25) is 9.59 Å². The van der Waals surface area contributed by atoms with E-state index in [0.717, 1.165) is 35.3 Å². The number of carboxylic acid groups (broad SMARTS) is 1. The predicted octanol–water partition coefficient (Wildman–Crippen LogP) is 5.41. The van der Waals surface area contributed by atoms with Gasteiger partial charge < -0.3 is 19.5 Å². The Bertz CT molecular complexity index is 1270. The van der Waals surface area contributed by atoms with Crippen molar-refractivity contribution < 1.29 is 24.2 Å². The van der Waals surface area contributed by atoms with Crippen molar-refractivity contribution in [2.45, 2.75) is 58.1 Å². The van der Waals surface area contributed by atoms with Crippen LogP contribution < -0.4 is 9.47 Å². The van der Waals surface area contributed by atoms with Gasteiger partial charge in [0, 0.05) is 24.9 Å². The largest absolute Gasteiger partial charge is 0.496 e. The van der Waals surface area contributed by atoms with Crippen LogP contribution in [0.2, 0.25) is 0 Å². The van der Waals surface area contributed by atoms with Gasteiger partial charge in [-0.2, -0.15) is 0 Å². The fourth-order valence-electron chi connectivity index (χ4n) is 4.96. The Morgan fingerprint density at radius 2 is 1.76 bits per heavy atom. The highest BCUT2D eigenvalue weighted by Gasteiger charge is 2.35. The molecular formula is C31H35NO5. The third kappa shape index (κ3) is 6.50. The van der Waals surface area contributed by atoms with Gasteiger partial charge in [0.2, 0.25) is 5.91 Å². The molecule has 0 fully saturated rings. The number of aliphatic carboxylic acids is 1. The van der Waals surface area contributed by atoms with Gasteiger partial charge >= 0.3 is 5.97 Å². The van der Waals surface area contributed by atoms with Crippen LogP contribution in [-0.2, 0) is 35.4 Å². The van der Waals surface area contributed by atoms with Crippen LogP contribution in [0.4, 0.5) is 0 Å². The fraction of sp³-hybridized carbons (Fsp3) is 0.355. The molecule has 194 valence electrons. The summed E-state index contributed by atoms with van der Waals surface area (Å²) in [5.41, 5.74) is 4.87. The molecule has 37 heavy (non-hydrogen) atoms. The molecule has 0 unspecified atom stereocenters.